The minimum Gasteiger partial charge on any atom is -0.314 e. The molecule has 1 nitrogen and oxygen atoms in total. The Labute approximate surface area is 120 Å². The molecule has 0 fully saturated rings. The van der Waals surface area contributed by atoms with Gasteiger partial charge in [-0.2, -0.15) is 0 Å². The summed E-state index contributed by atoms with van der Waals surface area (Å²) in [6.45, 7) is 4.96. The van der Waals surface area contributed by atoms with Crippen LogP contribution in [0.5, 0.6) is 0 Å². The molecule has 0 aromatic heterocycles. The maximum Gasteiger partial charge on any atom is 0.0595 e. The van der Waals surface area contributed by atoms with Crippen molar-refractivity contribution < 1.29 is 0 Å². The van der Waals surface area contributed by atoms with E-state index in [4.69, 9.17) is 23.2 Å². The first kappa shape index (κ1) is 15.4. The summed E-state index contributed by atoms with van der Waals surface area (Å²) in [4.78, 5) is 0. The SMILES string of the molecule is CC#CCCC(Cc1ccc(Cl)c(Cl)c1)NCC. The van der Waals surface area contributed by atoms with Crippen LogP contribution in [-0.2, 0) is 6.42 Å². The highest BCUT2D eigenvalue weighted by Gasteiger charge is 2.08. The molecule has 18 heavy (non-hydrogen) atoms. The van der Waals surface area contributed by atoms with Crippen LogP contribution in [0, 0.1) is 11.8 Å². The number of hydrogen-bond donors (Lipinski definition) is 1. The highest BCUT2D eigenvalue weighted by atomic mass is 35.5. The van der Waals surface area contributed by atoms with E-state index in [1.54, 1.807) is 0 Å². The maximum absolute atomic E-state index is 6.03. The van der Waals surface area contributed by atoms with Crippen LogP contribution in [-0.4, -0.2) is 12.6 Å². The van der Waals surface area contributed by atoms with Gasteiger partial charge in [-0.15, -0.1) is 11.8 Å². The third-order valence-electron chi connectivity index (χ3n) is 2.75. The van der Waals surface area contributed by atoms with E-state index in [-0.39, 0.29) is 0 Å². The van der Waals surface area contributed by atoms with Gasteiger partial charge in [-0.25, -0.2) is 0 Å². The van der Waals surface area contributed by atoms with Gasteiger partial charge in [0.2, 0.25) is 0 Å². The lowest BCUT2D eigenvalue weighted by atomic mass is 10.0. The lowest BCUT2D eigenvalue weighted by molar-refractivity contribution is 0.497. The highest BCUT2D eigenvalue weighted by Crippen LogP contribution is 2.23. The van der Waals surface area contributed by atoms with E-state index < -0.39 is 0 Å². The highest BCUT2D eigenvalue weighted by molar-refractivity contribution is 6.42. The van der Waals surface area contributed by atoms with Gasteiger partial charge in [-0.1, -0.05) is 36.2 Å². The van der Waals surface area contributed by atoms with Gasteiger partial charge in [-0.05, 0) is 44.0 Å². The summed E-state index contributed by atoms with van der Waals surface area (Å²) in [5, 5.41) is 4.71. The second-order valence-corrected chi connectivity index (χ2v) is 4.99. The molecule has 3 heteroatoms. The Morgan fingerprint density at radius 1 is 1.28 bits per heavy atom. The van der Waals surface area contributed by atoms with Crippen molar-refractivity contribution in [3.8, 4) is 11.8 Å². The molecule has 0 aliphatic heterocycles. The normalized spacial score (nSPS) is 11.8. The van der Waals surface area contributed by atoms with Crippen LogP contribution in [0.3, 0.4) is 0 Å². The number of nitrogens with one attached hydrogen (secondary N) is 1. The Bertz CT molecular complexity index is 432. The van der Waals surface area contributed by atoms with Gasteiger partial charge in [0.05, 0.1) is 10.0 Å². The Kier molecular flexibility index (Phi) is 7.20. The molecule has 0 aliphatic rings. The molecular formula is C15H19Cl2N. The van der Waals surface area contributed by atoms with Crippen molar-refractivity contribution in [3.63, 3.8) is 0 Å². The summed E-state index contributed by atoms with van der Waals surface area (Å²) < 4.78 is 0. The Balaban J connectivity index is 2.62. The summed E-state index contributed by atoms with van der Waals surface area (Å²) >= 11 is 11.9. The molecule has 98 valence electrons. The number of benzene rings is 1. The zero-order chi connectivity index (χ0) is 13.4. The lowest BCUT2D eigenvalue weighted by Crippen LogP contribution is -2.30. The van der Waals surface area contributed by atoms with Crippen LogP contribution >= 0.6 is 23.2 Å². The number of halogens is 2. The van der Waals surface area contributed by atoms with Crippen LogP contribution in [0.1, 0.15) is 32.3 Å². The van der Waals surface area contributed by atoms with Gasteiger partial charge >= 0.3 is 0 Å². The van der Waals surface area contributed by atoms with Crippen molar-refractivity contribution in [1.82, 2.24) is 5.32 Å². The largest absolute Gasteiger partial charge is 0.314 e. The molecule has 1 N–H and O–H groups in total. The minimum atomic E-state index is 0.438. The van der Waals surface area contributed by atoms with Crippen LogP contribution in [0.25, 0.3) is 0 Å². The second-order valence-electron chi connectivity index (χ2n) is 4.17. The summed E-state index contributed by atoms with van der Waals surface area (Å²) in [5.74, 6) is 6.04. The third-order valence-corrected chi connectivity index (χ3v) is 3.49. The van der Waals surface area contributed by atoms with Gasteiger partial charge in [0.15, 0.2) is 0 Å². The first-order valence-corrected chi connectivity index (χ1v) is 6.99. The van der Waals surface area contributed by atoms with E-state index in [0.29, 0.717) is 16.1 Å². The van der Waals surface area contributed by atoms with Crippen molar-refractivity contribution in [2.45, 2.75) is 39.2 Å². The Morgan fingerprint density at radius 2 is 2.06 bits per heavy atom. The van der Waals surface area contributed by atoms with Crippen LogP contribution in [0.2, 0.25) is 10.0 Å². The first-order valence-electron chi connectivity index (χ1n) is 6.24. The number of likely N-dealkylation sites (N-methyl/N-ethyl adjacent to an activating group) is 1. The van der Waals surface area contributed by atoms with Crippen molar-refractivity contribution in [2.75, 3.05) is 6.54 Å². The van der Waals surface area contributed by atoms with Crippen molar-refractivity contribution in [2.24, 2.45) is 0 Å². The van der Waals surface area contributed by atoms with Crippen LogP contribution in [0.15, 0.2) is 18.2 Å². The monoisotopic (exact) mass is 283 g/mol. The molecule has 1 rings (SSSR count). The van der Waals surface area contributed by atoms with Crippen molar-refractivity contribution in [3.05, 3.63) is 33.8 Å². The first-order chi connectivity index (χ1) is 8.67. The molecule has 1 aromatic carbocycles. The number of rotatable bonds is 6. The van der Waals surface area contributed by atoms with E-state index in [2.05, 4.69) is 24.1 Å². The molecule has 0 spiro atoms. The predicted octanol–water partition coefficient (Wildman–Crippen LogP) is 4.32. The average molecular weight is 284 g/mol. The molecule has 0 saturated heterocycles. The summed E-state index contributed by atoms with van der Waals surface area (Å²) in [7, 11) is 0. The van der Waals surface area contributed by atoms with Gasteiger partial charge in [0, 0.05) is 12.5 Å². The van der Waals surface area contributed by atoms with Gasteiger partial charge in [0.1, 0.15) is 0 Å². The quantitative estimate of drug-likeness (QED) is 0.767. The molecule has 0 saturated carbocycles. The van der Waals surface area contributed by atoms with Crippen molar-refractivity contribution >= 4 is 23.2 Å². The minimum absolute atomic E-state index is 0.438. The van der Waals surface area contributed by atoms with E-state index in [9.17, 15) is 0 Å². The van der Waals surface area contributed by atoms with Crippen LogP contribution < -0.4 is 5.32 Å². The topological polar surface area (TPSA) is 12.0 Å². The summed E-state index contributed by atoms with van der Waals surface area (Å²) in [5.41, 5.74) is 1.21. The molecule has 1 aromatic rings. The number of hydrogen-bond acceptors (Lipinski definition) is 1. The molecule has 1 atom stereocenters. The van der Waals surface area contributed by atoms with E-state index in [1.807, 2.05) is 25.1 Å². The predicted molar refractivity (Wildman–Crippen MR) is 80.3 cm³/mol. The fourth-order valence-electron chi connectivity index (χ4n) is 1.89. The fourth-order valence-corrected chi connectivity index (χ4v) is 2.21. The Hall–Kier alpha value is -0.680. The smallest absolute Gasteiger partial charge is 0.0595 e. The van der Waals surface area contributed by atoms with Gasteiger partial charge in [0.25, 0.3) is 0 Å². The Morgan fingerprint density at radius 3 is 2.67 bits per heavy atom. The average Bonchev–Trinajstić information content (AvgIpc) is 2.34. The van der Waals surface area contributed by atoms with E-state index in [0.717, 1.165) is 25.8 Å². The van der Waals surface area contributed by atoms with Crippen molar-refractivity contribution in [1.29, 1.82) is 0 Å². The zero-order valence-corrected chi connectivity index (χ0v) is 12.4. The fraction of sp³-hybridized carbons (Fsp3) is 0.467. The molecule has 1 unspecified atom stereocenters. The van der Waals surface area contributed by atoms with Gasteiger partial charge in [-0.3, -0.25) is 0 Å². The van der Waals surface area contributed by atoms with Gasteiger partial charge < -0.3 is 5.32 Å². The molecule has 0 radical (unpaired) electrons. The zero-order valence-electron chi connectivity index (χ0n) is 10.9. The molecule has 0 aliphatic carbocycles. The second kappa shape index (κ2) is 8.43. The van der Waals surface area contributed by atoms with E-state index >= 15 is 0 Å². The third kappa shape index (κ3) is 5.31. The van der Waals surface area contributed by atoms with Crippen LogP contribution in [0.4, 0.5) is 0 Å². The molecule has 0 amide bonds. The maximum atomic E-state index is 6.03. The summed E-state index contributed by atoms with van der Waals surface area (Å²) in [6.07, 6.45) is 2.93. The molecule has 0 bridgehead atoms. The molecule has 0 heterocycles. The standard InChI is InChI=1S/C15H19Cl2N/c1-3-5-6-7-13(18-4-2)10-12-8-9-14(16)15(17)11-12/h8-9,11,13,18H,4,6-7,10H2,1-2H3. The lowest BCUT2D eigenvalue weighted by Gasteiger charge is -2.17. The summed E-state index contributed by atoms with van der Waals surface area (Å²) in [6, 6.07) is 6.27. The molecular weight excluding hydrogens is 265 g/mol. The van der Waals surface area contributed by atoms with E-state index in [1.165, 1.54) is 5.56 Å².